The molecule has 0 aliphatic carbocycles. The first-order chi connectivity index (χ1) is 14.4. The molecule has 0 radical (unpaired) electrons. The number of fused-ring (bicyclic) bond motifs is 1. The van der Waals surface area contributed by atoms with Gasteiger partial charge in [0.2, 0.25) is 5.91 Å². The number of aromatic nitrogens is 1. The SMILES string of the molecule is CC(C)[C@@H](NC(=O)CN1C(=O)N[C@H](Cc2c[nH]c3ccccc23)C1=O)c1cccs1. The van der Waals surface area contributed by atoms with E-state index in [0.29, 0.717) is 6.42 Å². The van der Waals surface area contributed by atoms with Crippen LogP contribution in [0, 0.1) is 5.92 Å². The van der Waals surface area contributed by atoms with Gasteiger partial charge in [0, 0.05) is 28.4 Å². The summed E-state index contributed by atoms with van der Waals surface area (Å²) in [6.45, 7) is 3.76. The van der Waals surface area contributed by atoms with Crippen LogP contribution < -0.4 is 10.6 Å². The average Bonchev–Trinajstić information content (AvgIpc) is 3.44. The van der Waals surface area contributed by atoms with Gasteiger partial charge in [-0.3, -0.25) is 14.5 Å². The summed E-state index contributed by atoms with van der Waals surface area (Å²) >= 11 is 1.57. The highest BCUT2D eigenvalue weighted by atomic mass is 32.1. The van der Waals surface area contributed by atoms with Crippen molar-refractivity contribution >= 4 is 40.1 Å². The van der Waals surface area contributed by atoms with Crippen LogP contribution in [0.2, 0.25) is 0 Å². The van der Waals surface area contributed by atoms with Crippen LogP contribution in [0.4, 0.5) is 4.79 Å². The highest BCUT2D eigenvalue weighted by molar-refractivity contribution is 7.10. The van der Waals surface area contributed by atoms with Gasteiger partial charge in [-0.25, -0.2) is 4.79 Å². The smallest absolute Gasteiger partial charge is 0.325 e. The van der Waals surface area contributed by atoms with Crippen molar-refractivity contribution in [3.63, 3.8) is 0 Å². The van der Waals surface area contributed by atoms with Crippen molar-refractivity contribution in [1.29, 1.82) is 0 Å². The molecule has 0 spiro atoms. The molecule has 156 valence electrons. The number of amides is 4. The van der Waals surface area contributed by atoms with E-state index in [1.165, 1.54) is 0 Å². The Morgan fingerprint density at radius 1 is 1.20 bits per heavy atom. The third-order valence-corrected chi connectivity index (χ3v) is 6.30. The fourth-order valence-corrected chi connectivity index (χ4v) is 4.73. The number of nitrogens with one attached hydrogen (secondary N) is 3. The summed E-state index contributed by atoms with van der Waals surface area (Å²) in [7, 11) is 0. The predicted octanol–water partition coefficient (Wildman–Crippen LogP) is 3.21. The van der Waals surface area contributed by atoms with Gasteiger partial charge in [0.15, 0.2) is 0 Å². The van der Waals surface area contributed by atoms with Crippen LogP contribution in [0.5, 0.6) is 0 Å². The monoisotopic (exact) mass is 424 g/mol. The second-order valence-corrected chi connectivity index (χ2v) is 8.77. The summed E-state index contributed by atoms with van der Waals surface area (Å²) in [5.41, 5.74) is 1.93. The molecule has 7 nitrogen and oxygen atoms in total. The molecule has 1 aliphatic heterocycles. The first-order valence-corrected chi connectivity index (χ1v) is 10.8. The third kappa shape index (κ3) is 3.95. The number of hydrogen-bond acceptors (Lipinski definition) is 4. The van der Waals surface area contributed by atoms with Crippen LogP contribution in [0.25, 0.3) is 10.9 Å². The van der Waals surface area contributed by atoms with E-state index in [0.717, 1.165) is 26.2 Å². The van der Waals surface area contributed by atoms with E-state index in [9.17, 15) is 14.4 Å². The van der Waals surface area contributed by atoms with Crippen LogP contribution in [0.15, 0.2) is 48.0 Å². The Labute approximate surface area is 178 Å². The van der Waals surface area contributed by atoms with Crippen LogP contribution in [0.3, 0.4) is 0 Å². The van der Waals surface area contributed by atoms with E-state index in [2.05, 4.69) is 15.6 Å². The maximum absolute atomic E-state index is 12.8. The van der Waals surface area contributed by atoms with Crippen molar-refractivity contribution in [3.8, 4) is 0 Å². The second kappa shape index (κ2) is 8.31. The van der Waals surface area contributed by atoms with Crippen LogP contribution >= 0.6 is 11.3 Å². The summed E-state index contributed by atoms with van der Waals surface area (Å²) in [6, 6.07) is 10.4. The lowest BCUT2D eigenvalue weighted by molar-refractivity contribution is -0.132. The maximum Gasteiger partial charge on any atom is 0.325 e. The van der Waals surface area contributed by atoms with E-state index < -0.39 is 12.1 Å². The largest absolute Gasteiger partial charge is 0.361 e. The molecule has 2 aromatic heterocycles. The quantitative estimate of drug-likeness (QED) is 0.509. The van der Waals surface area contributed by atoms with Gasteiger partial charge in [-0.05, 0) is 29.0 Å². The van der Waals surface area contributed by atoms with Crippen molar-refractivity contribution in [1.82, 2.24) is 20.5 Å². The molecule has 3 aromatic rings. The minimum absolute atomic E-state index is 0.153. The van der Waals surface area contributed by atoms with E-state index in [1.807, 2.05) is 61.8 Å². The first kappa shape index (κ1) is 20.2. The first-order valence-electron chi connectivity index (χ1n) is 9.93. The zero-order valence-electron chi connectivity index (χ0n) is 16.8. The summed E-state index contributed by atoms with van der Waals surface area (Å²) in [5, 5.41) is 8.66. The number of benzene rings is 1. The number of nitrogens with zero attached hydrogens (tertiary/aromatic N) is 1. The second-order valence-electron chi connectivity index (χ2n) is 7.79. The number of aromatic amines is 1. The van der Waals surface area contributed by atoms with E-state index >= 15 is 0 Å². The van der Waals surface area contributed by atoms with Gasteiger partial charge in [0.25, 0.3) is 5.91 Å². The fourth-order valence-electron chi connectivity index (χ4n) is 3.78. The zero-order valence-corrected chi connectivity index (χ0v) is 17.7. The summed E-state index contributed by atoms with van der Waals surface area (Å²) < 4.78 is 0. The van der Waals surface area contributed by atoms with Crippen LogP contribution in [-0.4, -0.2) is 40.3 Å². The number of para-hydroxylation sites is 1. The minimum atomic E-state index is -0.678. The molecule has 0 unspecified atom stereocenters. The molecule has 1 saturated heterocycles. The number of imide groups is 1. The summed E-state index contributed by atoms with van der Waals surface area (Å²) in [4.78, 5) is 43.0. The molecular weight excluding hydrogens is 400 g/mol. The molecule has 1 aliphatic rings. The number of carbonyl (C=O) groups excluding carboxylic acids is 3. The molecule has 3 heterocycles. The Bertz CT molecular complexity index is 1070. The topological polar surface area (TPSA) is 94.3 Å². The van der Waals surface area contributed by atoms with Crippen LogP contribution in [0.1, 0.15) is 30.3 Å². The fraction of sp³-hybridized carbons (Fsp3) is 0.318. The van der Waals surface area contributed by atoms with Crippen molar-refractivity contribution in [2.24, 2.45) is 5.92 Å². The van der Waals surface area contributed by atoms with Crippen molar-refractivity contribution < 1.29 is 14.4 Å². The average molecular weight is 425 g/mol. The summed E-state index contributed by atoms with van der Waals surface area (Å²) in [5.74, 6) is -0.540. The van der Waals surface area contributed by atoms with Crippen molar-refractivity contribution in [2.75, 3.05) is 6.54 Å². The highest BCUT2D eigenvalue weighted by Crippen LogP contribution is 2.26. The lowest BCUT2D eigenvalue weighted by atomic mass is 10.0. The Hall–Kier alpha value is -3.13. The van der Waals surface area contributed by atoms with Gasteiger partial charge in [0.1, 0.15) is 12.6 Å². The number of urea groups is 1. The predicted molar refractivity (Wildman–Crippen MR) is 116 cm³/mol. The lowest BCUT2D eigenvalue weighted by Crippen LogP contribution is -2.43. The highest BCUT2D eigenvalue weighted by Gasteiger charge is 2.39. The minimum Gasteiger partial charge on any atom is -0.361 e. The normalized spacial score (nSPS) is 17.6. The van der Waals surface area contributed by atoms with Gasteiger partial charge in [-0.1, -0.05) is 38.1 Å². The van der Waals surface area contributed by atoms with Gasteiger partial charge < -0.3 is 15.6 Å². The number of hydrogen-bond donors (Lipinski definition) is 3. The Morgan fingerprint density at radius 3 is 2.73 bits per heavy atom. The molecule has 30 heavy (non-hydrogen) atoms. The zero-order chi connectivity index (χ0) is 21.3. The molecule has 3 N–H and O–H groups in total. The van der Waals surface area contributed by atoms with Gasteiger partial charge in [-0.2, -0.15) is 0 Å². The Kier molecular flexibility index (Phi) is 5.59. The van der Waals surface area contributed by atoms with Crippen LogP contribution in [-0.2, 0) is 16.0 Å². The Morgan fingerprint density at radius 2 is 2.00 bits per heavy atom. The van der Waals surface area contributed by atoms with Crippen molar-refractivity contribution in [2.45, 2.75) is 32.4 Å². The molecular formula is C22H24N4O3S. The summed E-state index contributed by atoms with van der Waals surface area (Å²) in [6.07, 6.45) is 2.23. The lowest BCUT2D eigenvalue weighted by Gasteiger charge is -2.22. The number of rotatable bonds is 7. The molecule has 8 heteroatoms. The van der Waals surface area contributed by atoms with Gasteiger partial charge in [0.05, 0.1) is 6.04 Å². The molecule has 0 bridgehead atoms. The molecule has 4 amide bonds. The number of carbonyl (C=O) groups is 3. The van der Waals surface area contributed by atoms with Gasteiger partial charge in [-0.15, -0.1) is 11.3 Å². The standard InChI is InChI=1S/C22H24N4O3S/c1-13(2)20(18-8-5-9-30-18)25-19(27)12-26-21(28)17(24-22(26)29)10-14-11-23-16-7-4-3-6-15(14)16/h3-9,11,13,17,20,23H,10,12H2,1-2H3,(H,24,29)(H,25,27)/t17-,20-/m1/s1. The molecule has 2 atom stereocenters. The van der Waals surface area contributed by atoms with Gasteiger partial charge >= 0.3 is 6.03 Å². The molecule has 1 fully saturated rings. The van der Waals surface area contributed by atoms with E-state index in [4.69, 9.17) is 0 Å². The number of thiophene rings is 1. The van der Waals surface area contributed by atoms with E-state index in [-0.39, 0.29) is 30.3 Å². The van der Waals surface area contributed by atoms with Crippen molar-refractivity contribution in [3.05, 3.63) is 58.4 Å². The Balaban J connectivity index is 1.42. The molecule has 4 rings (SSSR count). The maximum atomic E-state index is 12.8. The van der Waals surface area contributed by atoms with E-state index in [1.54, 1.807) is 11.3 Å². The molecule has 0 saturated carbocycles. The molecule has 1 aromatic carbocycles. The number of H-pyrrole nitrogens is 1. The third-order valence-electron chi connectivity index (χ3n) is 5.34.